The molecule has 0 bridgehead atoms. The van der Waals surface area contributed by atoms with Crippen LogP contribution in [0.5, 0.6) is 0 Å². The van der Waals surface area contributed by atoms with E-state index in [0.29, 0.717) is 6.54 Å². The number of amides is 1. The maximum atomic E-state index is 12.8. The summed E-state index contributed by atoms with van der Waals surface area (Å²) in [6.07, 6.45) is 1.99. The zero-order valence-corrected chi connectivity index (χ0v) is 13.7. The topological polar surface area (TPSA) is 90.4 Å². The average Bonchev–Trinajstić information content (AvgIpc) is 2.82. The third kappa shape index (κ3) is 1.93. The number of aromatic nitrogens is 1. The van der Waals surface area contributed by atoms with E-state index in [2.05, 4.69) is 10.5 Å². The number of carbonyl (C=O) groups is 1. The summed E-state index contributed by atoms with van der Waals surface area (Å²) in [4.78, 5) is 12.8. The van der Waals surface area contributed by atoms with E-state index in [1.165, 1.54) is 0 Å². The van der Waals surface area contributed by atoms with Gasteiger partial charge in [-0.25, -0.2) is 0 Å². The van der Waals surface area contributed by atoms with Crippen molar-refractivity contribution < 1.29 is 14.1 Å². The number of rotatable bonds is 3. The molecule has 0 radical (unpaired) electrons. The fourth-order valence-corrected chi connectivity index (χ4v) is 4.11. The smallest absolute Gasteiger partial charge is 0.241 e. The van der Waals surface area contributed by atoms with Gasteiger partial charge < -0.3 is 20.3 Å². The van der Waals surface area contributed by atoms with Crippen LogP contribution in [0, 0.1) is 25.2 Å². The summed E-state index contributed by atoms with van der Waals surface area (Å²) >= 11 is 0. The molecule has 1 saturated heterocycles. The van der Waals surface area contributed by atoms with Crippen molar-refractivity contribution in [3.8, 4) is 0 Å². The Morgan fingerprint density at radius 1 is 1.45 bits per heavy atom. The molecule has 1 aromatic rings. The Morgan fingerprint density at radius 3 is 2.82 bits per heavy atom. The van der Waals surface area contributed by atoms with E-state index in [9.17, 15) is 4.79 Å². The highest BCUT2D eigenvalue weighted by atomic mass is 16.5. The molecule has 6 nitrogen and oxygen atoms in total. The molecule has 3 unspecified atom stereocenters. The lowest BCUT2D eigenvalue weighted by molar-refractivity contribution is -0.225. The molecule has 0 spiro atoms. The van der Waals surface area contributed by atoms with Gasteiger partial charge in [-0.1, -0.05) is 19.0 Å². The molecule has 122 valence electrons. The van der Waals surface area contributed by atoms with Crippen LogP contribution in [0.3, 0.4) is 0 Å². The molecule has 1 aliphatic carbocycles. The average molecular weight is 307 g/mol. The van der Waals surface area contributed by atoms with Crippen molar-refractivity contribution in [2.45, 2.75) is 58.7 Å². The number of nitrogens with one attached hydrogen (secondary N) is 1. The van der Waals surface area contributed by atoms with Crippen LogP contribution in [0.4, 0.5) is 0 Å². The Hall–Kier alpha value is -1.40. The number of hydrogen-bond acceptors (Lipinski definition) is 5. The second-order valence-electron chi connectivity index (χ2n) is 7.12. The fourth-order valence-electron chi connectivity index (χ4n) is 4.11. The lowest BCUT2D eigenvalue weighted by Crippen LogP contribution is -2.82. The van der Waals surface area contributed by atoms with Gasteiger partial charge in [0.2, 0.25) is 5.91 Å². The minimum atomic E-state index is -0.878. The van der Waals surface area contributed by atoms with Crippen molar-refractivity contribution in [1.29, 1.82) is 0 Å². The van der Waals surface area contributed by atoms with E-state index in [1.807, 2.05) is 27.7 Å². The first-order valence-corrected chi connectivity index (χ1v) is 7.90. The van der Waals surface area contributed by atoms with Gasteiger partial charge in [0.25, 0.3) is 0 Å². The minimum absolute atomic E-state index is 0.0797. The van der Waals surface area contributed by atoms with Crippen molar-refractivity contribution in [1.82, 2.24) is 10.5 Å². The van der Waals surface area contributed by atoms with Crippen molar-refractivity contribution in [2.75, 3.05) is 6.61 Å². The first kappa shape index (κ1) is 15.5. The van der Waals surface area contributed by atoms with E-state index >= 15 is 0 Å². The van der Waals surface area contributed by atoms with Gasteiger partial charge in [-0.15, -0.1) is 0 Å². The van der Waals surface area contributed by atoms with E-state index < -0.39 is 5.54 Å². The second kappa shape index (κ2) is 5.06. The second-order valence-corrected chi connectivity index (χ2v) is 7.12. The normalized spacial score (nSPS) is 33.0. The Morgan fingerprint density at radius 2 is 2.18 bits per heavy atom. The van der Waals surface area contributed by atoms with Crippen molar-refractivity contribution in [3.05, 3.63) is 17.0 Å². The van der Waals surface area contributed by atoms with Crippen LogP contribution >= 0.6 is 0 Å². The van der Waals surface area contributed by atoms with E-state index in [-0.39, 0.29) is 23.3 Å². The zero-order chi connectivity index (χ0) is 16.1. The van der Waals surface area contributed by atoms with Crippen LogP contribution < -0.4 is 11.1 Å². The molecular weight excluding hydrogens is 282 g/mol. The monoisotopic (exact) mass is 307 g/mol. The molecule has 3 N–H and O–H groups in total. The maximum absolute atomic E-state index is 12.8. The quantitative estimate of drug-likeness (QED) is 0.882. The van der Waals surface area contributed by atoms with E-state index in [4.69, 9.17) is 15.0 Å². The van der Waals surface area contributed by atoms with Crippen LogP contribution in [-0.2, 0) is 16.1 Å². The highest BCUT2D eigenvalue weighted by Crippen LogP contribution is 2.57. The number of nitrogens with zero attached hydrogens (tertiary/aromatic N) is 1. The van der Waals surface area contributed by atoms with Gasteiger partial charge in [0.1, 0.15) is 11.3 Å². The summed E-state index contributed by atoms with van der Waals surface area (Å²) in [5.74, 6) is 0.723. The third-order valence-corrected chi connectivity index (χ3v) is 5.67. The third-order valence-electron chi connectivity index (χ3n) is 5.67. The number of hydrogen-bond donors (Lipinski definition) is 2. The first-order valence-electron chi connectivity index (χ1n) is 7.90. The van der Waals surface area contributed by atoms with Gasteiger partial charge in [0.15, 0.2) is 0 Å². The van der Waals surface area contributed by atoms with E-state index in [0.717, 1.165) is 36.5 Å². The highest BCUT2D eigenvalue weighted by molar-refractivity contribution is 5.89. The molecule has 3 rings (SSSR count). The minimum Gasteiger partial charge on any atom is -0.377 e. The zero-order valence-electron chi connectivity index (χ0n) is 13.7. The van der Waals surface area contributed by atoms with Crippen LogP contribution in [0.15, 0.2) is 4.52 Å². The summed E-state index contributed by atoms with van der Waals surface area (Å²) in [7, 11) is 0. The predicted molar refractivity (Wildman–Crippen MR) is 81.0 cm³/mol. The summed E-state index contributed by atoms with van der Waals surface area (Å²) in [6.45, 7) is 8.92. The lowest BCUT2D eigenvalue weighted by Gasteiger charge is -2.65. The Bertz CT molecular complexity index is 576. The summed E-state index contributed by atoms with van der Waals surface area (Å²) < 4.78 is 11.0. The summed E-state index contributed by atoms with van der Waals surface area (Å²) in [5.41, 5.74) is 7.05. The molecule has 2 fully saturated rings. The molecule has 3 atom stereocenters. The van der Waals surface area contributed by atoms with Crippen molar-refractivity contribution in [3.63, 3.8) is 0 Å². The number of carbonyl (C=O) groups excluding carboxylic acids is 1. The SMILES string of the molecule is Cc1noc(C)c1CNC(=O)C1(N)C2CCCOC2C1(C)C. The van der Waals surface area contributed by atoms with E-state index in [1.54, 1.807) is 0 Å². The molecule has 2 heterocycles. The number of nitrogens with two attached hydrogens (primary N) is 1. The van der Waals surface area contributed by atoms with Crippen molar-refractivity contribution in [2.24, 2.45) is 17.1 Å². The van der Waals surface area contributed by atoms with Crippen LogP contribution in [0.25, 0.3) is 0 Å². The lowest BCUT2D eigenvalue weighted by atomic mass is 9.46. The molecule has 1 saturated carbocycles. The van der Waals surface area contributed by atoms with Gasteiger partial charge in [0, 0.05) is 30.0 Å². The number of aryl methyl sites for hydroxylation is 2. The van der Waals surface area contributed by atoms with Crippen LogP contribution in [0.2, 0.25) is 0 Å². The molecule has 22 heavy (non-hydrogen) atoms. The molecule has 6 heteroatoms. The Balaban J connectivity index is 1.74. The molecule has 1 aliphatic heterocycles. The molecule has 1 aromatic heterocycles. The molecule has 1 amide bonds. The van der Waals surface area contributed by atoms with Crippen LogP contribution in [-0.4, -0.2) is 29.3 Å². The predicted octanol–water partition coefficient (Wildman–Crippen LogP) is 1.44. The van der Waals surface area contributed by atoms with Gasteiger partial charge in [-0.05, 0) is 26.7 Å². The largest absolute Gasteiger partial charge is 0.377 e. The fraction of sp³-hybridized carbons (Fsp3) is 0.750. The molecular formula is C16H25N3O3. The summed E-state index contributed by atoms with van der Waals surface area (Å²) in [5, 5.41) is 6.89. The van der Waals surface area contributed by atoms with Gasteiger partial charge in [0.05, 0.1) is 11.8 Å². The Labute approximate surface area is 130 Å². The maximum Gasteiger partial charge on any atom is 0.241 e. The molecule has 2 aliphatic rings. The van der Waals surface area contributed by atoms with Gasteiger partial charge in [-0.2, -0.15) is 0 Å². The highest BCUT2D eigenvalue weighted by Gasteiger charge is 2.70. The number of ether oxygens (including phenoxy) is 1. The first-order chi connectivity index (χ1) is 10.3. The van der Waals surface area contributed by atoms with Gasteiger partial charge in [-0.3, -0.25) is 4.79 Å². The number of fused-ring (bicyclic) bond motifs is 1. The van der Waals surface area contributed by atoms with Crippen molar-refractivity contribution >= 4 is 5.91 Å². The molecule has 0 aromatic carbocycles. The summed E-state index contributed by atoms with van der Waals surface area (Å²) in [6, 6.07) is 0. The Kier molecular flexibility index (Phi) is 3.57. The van der Waals surface area contributed by atoms with Gasteiger partial charge >= 0.3 is 0 Å². The van der Waals surface area contributed by atoms with Crippen LogP contribution in [0.1, 0.15) is 43.7 Å². The standard InChI is InChI=1S/C16H25N3O3/c1-9-11(10(2)22-19-9)8-18-14(20)16(17)12-6-5-7-21-13(12)15(16,3)4/h12-13H,5-8,17H2,1-4H3,(H,18,20).